The average molecular weight is 314 g/mol. The quantitative estimate of drug-likeness (QED) is 0.524. The molecule has 3 nitrogen and oxygen atoms in total. The number of ether oxygens (including phenoxy) is 1. The molecule has 21 heavy (non-hydrogen) atoms. The second kappa shape index (κ2) is 6.88. The molecule has 1 N–H and O–H groups in total. The van der Waals surface area contributed by atoms with Crippen LogP contribution in [0.4, 0.5) is 22.0 Å². The van der Waals surface area contributed by atoms with Crippen molar-refractivity contribution in [1.29, 1.82) is 5.26 Å². The minimum Gasteiger partial charge on any atom is -0.375 e. The molecule has 8 heteroatoms. The van der Waals surface area contributed by atoms with Gasteiger partial charge in [0.25, 0.3) is 0 Å². The van der Waals surface area contributed by atoms with Crippen molar-refractivity contribution in [2.45, 2.75) is 62.7 Å². The maximum Gasteiger partial charge on any atom is 0.455 e. The molecule has 0 bridgehead atoms. The molecule has 1 aliphatic rings. The van der Waals surface area contributed by atoms with E-state index >= 15 is 0 Å². The van der Waals surface area contributed by atoms with Gasteiger partial charge in [-0.25, -0.2) is 0 Å². The lowest BCUT2D eigenvalue weighted by atomic mass is 9.92. The van der Waals surface area contributed by atoms with Crippen molar-refractivity contribution in [3.8, 4) is 6.07 Å². The van der Waals surface area contributed by atoms with Crippen LogP contribution in [0.3, 0.4) is 0 Å². The summed E-state index contributed by atoms with van der Waals surface area (Å²) in [6, 6.07) is 2.48. The van der Waals surface area contributed by atoms with Gasteiger partial charge >= 0.3 is 12.1 Å². The van der Waals surface area contributed by atoms with Crippen molar-refractivity contribution >= 4 is 0 Å². The normalized spacial score (nSPS) is 19.1. The van der Waals surface area contributed by atoms with Gasteiger partial charge in [0.1, 0.15) is 12.1 Å². The molecule has 0 saturated heterocycles. The van der Waals surface area contributed by atoms with Gasteiger partial charge in [0, 0.05) is 12.6 Å². The third-order valence-corrected chi connectivity index (χ3v) is 3.47. The maximum atomic E-state index is 12.6. The highest BCUT2D eigenvalue weighted by atomic mass is 19.4. The van der Waals surface area contributed by atoms with Gasteiger partial charge < -0.3 is 4.74 Å². The molecule has 1 fully saturated rings. The van der Waals surface area contributed by atoms with Crippen LogP contribution in [0.15, 0.2) is 0 Å². The first-order valence-electron chi connectivity index (χ1n) is 6.87. The molecule has 0 amide bonds. The van der Waals surface area contributed by atoms with Crippen LogP contribution in [0.25, 0.3) is 0 Å². The molecule has 0 heterocycles. The van der Waals surface area contributed by atoms with E-state index in [1.807, 2.05) is 6.92 Å². The van der Waals surface area contributed by atoms with Crippen LogP contribution in [-0.4, -0.2) is 36.9 Å². The summed E-state index contributed by atoms with van der Waals surface area (Å²) in [4.78, 5) is 0. The van der Waals surface area contributed by atoms with E-state index in [0.29, 0.717) is 18.9 Å². The van der Waals surface area contributed by atoms with Crippen LogP contribution < -0.4 is 5.32 Å². The number of nitrogens with zero attached hydrogens (tertiary/aromatic N) is 1. The van der Waals surface area contributed by atoms with Crippen molar-refractivity contribution < 1.29 is 26.7 Å². The molecule has 0 aromatic carbocycles. The third-order valence-electron chi connectivity index (χ3n) is 3.47. The standard InChI is InChI=1S/C13H19F5N2O/c1-2-11(8-19,20-10-4-5-10)6-3-7-21-9-12(14,15)13(16,17)18/h10,20H,2-7,9H2,1H3. The first-order valence-corrected chi connectivity index (χ1v) is 6.87. The Bertz CT molecular complexity index is 376. The lowest BCUT2D eigenvalue weighted by Crippen LogP contribution is -2.45. The Morgan fingerprint density at radius 1 is 1.24 bits per heavy atom. The van der Waals surface area contributed by atoms with Gasteiger partial charge in [0.2, 0.25) is 0 Å². The van der Waals surface area contributed by atoms with E-state index in [0.717, 1.165) is 12.8 Å². The van der Waals surface area contributed by atoms with Crippen molar-refractivity contribution in [2.75, 3.05) is 13.2 Å². The van der Waals surface area contributed by atoms with Gasteiger partial charge in [0.05, 0.1) is 6.07 Å². The fourth-order valence-electron chi connectivity index (χ4n) is 1.89. The van der Waals surface area contributed by atoms with Crippen LogP contribution in [-0.2, 0) is 4.74 Å². The number of alkyl halides is 5. The topological polar surface area (TPSA) is 45.0 Å². The Labute approximate surface area is 120 Å². The monoisotopic (exact) mass is 314 g/mol. The molecule has 0 aromatic heterocycles. The highest BCUT2D eigenvalue weighted by Crippen LogP contribution is 2.35. The van der Waals surface area contributed by atoms with Crippen molar-refractivity contribution in [1.82, 2.24) is 5.32 Å². The maximum absolute atomic E-state index is 12.6. The van der Waals surface area contributed by atoms with E-state index in [4.69, 9.17) is 0 Å². The Balaban J connectivity index is 2.30. The van der Waals surface area contributed by atoms with Gasteiger partial charge in [-0.3, -0.25) is 5.32 Å². The predicted molar refractivity (Wildman–Crippen MR) is 65.8 cm³/mol. The summed E-state index contributed by atoms with van der Waals surface area (Å²) in [6.07, 6.45) is -2.46. The molecule has 1 saturated carbocycles. The second-order valence-electron chi connectivity index (χ2n) is 5.32. The fraction of sp³-hybridized carbons (Fsp3) is 0.923. The SMILES string of the molecule is CCC(C#N)(CCCOCC(F)(F)C(F)(F)F)NC1CC1. The molecule has 122 valence electrons. The Hall–Kier alpha value is -0.940. The summed E-state index contributed by atoms with van der Waals surface area (Å²) in [7, 11) is 0. The van der Waals surface area contributed by atoms with E-state index in [-0.39, 0.29) is 13.0 Å². The summed E-state index contributed by atoms with van der Waals surface area (Å²) < 4.78 is 65.3. The number of rotatable bonds is 9. The lowest BCUT2D eigenvalue weighted by molar-refractivity contribution is -0.296. The summed E-state index contributed by atoms with van der Waals surface area (Å²) in [6.45, 7) is -0.0864. The number of hydrogen-bond acceptors (Lipinski definition) is 3. The first-order chi connectivity index (χ1) is 9.66. The van der Waals surface area contributed by atoms with Crippen LogP contribution in [0.2, 0.25) is 0 Å². The van der Waals surface area contributed by atoms with Crippen molar-refractivity contribution in [3.63, 3.8) is 0 Å². The zero-order chi connectivity index (χ0) is 16.1. The number of nitrogens with one attached hydrogen (secondary N) is 1. The number of nitriles is 1. The second-order valence-corrected chi connectivity index (χ2v) is 5.32. The highest BCUT2D eigenvalue weighted by molar-refractivity contribution is 5.09. The van der Waals surface area contributed by atoms with Gasteiger partial charge in [-0.2, -0.15) is 27.2 Å². The molecule has 0 aromatic rings. The molecule has 1 rings (SSSR count). The Kier molecular flexibility index (Phi) is 5.93. The van der Waals surface area contributed by atoms with E-state index in [9.17, 15) is 27.2 Å². The average Bonchev–Trinajstić information content (AvgIpc) is 3.19. The minimum absolute atomic E-state index is 0.235. The predicted octanol–water partition coefficient (Wildman–Crippen LogP) is 3.41. The molecule has 0 radical (unpaired) electrons. The number of halogens is 5. The zero-order valence-corrected chi connectivity index (χ0v) is 11.8. The minimum atomic E-state index is -5.60. The van der Waals surface area contributed by atoms with Gasteiger partial charge in [-0.15, -0.1) is 0 Å². The molecular weight excluding hydrogens is 295 g/mol. The number of hydrogen-bond donors (Lipinski definition) is 1. The highest BCUT2D eigenvalue weighted by Gasteiger charge is 2.57. The molecule has 1 unspecified atom stereocenters. The van der Waals surface area contributed by atoms with E-state index in [2.05, 4.69) is 16.1 Å². The van der Waals surface area contributed by atoms with Gasteiger partial charge in [0.15, 0.2) is 0 Å². The van der Waals surface area contributed by atoms with Crippen LogP contribution in [0, 0.1) is 11.3 Å². The van der Waals surface area contributed by atoms with E-state index < -0.39 is 24.2 Å². The Morgan fingerprint density at radius 2 is 1.86 bits per heavy atom. The molecule has 1 aliphatic carbocycles. The summed E-state index contributed by atoms with van der Waals surface area (Å²) >= 11 is 0. The summed E-state index contributed by atoms with van der Waals surface area (Å²) in [5.74, 6) is -4.84. The van der Waals surface area contributed by atoms with Crippen molar-refractivity contribution in [2.24, 2.45) is 0 Å². The zero-order valence-electron chi connectivity index (χ0n) is 11.8. The Morgan fingerprint density at radius 3 is 2.29 bits per heavy atom. The summed E-state index contributed by atoms with van der Waals surface area (Å²) in [5.41, 5.74) is -0.753. The van der Waals surface area contributed by atoms with Crippen LogP contribution >= 0.6 is 0 Å². The fourth-order valence-corrected chi connectivity index (χ4v) is 1.89. The largest absolute Gasteiger partial charge is 0.455 e. The van der Waals surface area contributed by atoms with E-state index in [1.165, 1.54) is 0 Å². The molecule has 0 spiro atoms. The molecular formula is C13H19F5N2O. The van der Waals surface area contributed by atoms with Gasteiger partial charge in [-0.05, 0) is 32.1 Å². The smallest absolute Gasteiger partial charge is 0.375 e. The summed E-state index contributed by atoms with van der Waals surface area (Å²) in [5, 5.41) is 12.4. The third kappa shape index (κ3) is 5.40. The van der Waals surface area contributed by atoms with E-state index in [1.54, 1.807) is 0 Å². The van der Waals surface area contributed by atoms with Crippen molar-refractivity contribution in [3.05, 3.63) is 0 Å². The molecule has 1 atom stereocenters. The lowest BCUT2D eigenvalue weighted by Gasteiger charge is -2.27. The van der Waals surface area contributed by atoms with Gasteiger partial charge in [-0.1, -0.05) is 6.92 Å². The first kappa shape index (κ1) is 18.1. The molecule has 0 aliphatic heterocycles. The van der Waals surface area contributed by atoms with Crippen LogP contribution in [0.1, 0.15) is 39.0 Å². The van der Waals surface area contributed by atoms with Crippen LogP contribution in [0.5, 0.6) is 0 Å².